The highest BCUT2D eigenvalue weighted by Gasteiger charge is 2.23. The standard InChI is InChI=1S/C34H33NO/c1-25(35(2)32-20-17-28-11-5-7-13-31(28)24-32)34(29-18-21-33(36-3)22-19-29)14-8-9-26-15-16-27-10-4-6-12-30(27)23-26/h4-13,15-25,34H,14H2,1-3H3. The quantitative estimate of drug-likeness (QED) is 0.224. The number of anilines is 1. The van der Waals surface area contributed by atoms with Crippen LogP contribution in [0.1, 0.15) is 30.4 Å². The van der Waals surface area contributed by atoms with Gasteiger partial charge in [-0.1, -0.05) is 91.0 Å². The summed E-state index contributed by atoms with van der Waals surface area (Å²) < 4.78 is 5.42. The summed E-state index contributed by atoms with van der Waals surface area (Å²) >= 11 is 0. The zero-order chi connectivity index (χ0) is 24.9. The minimum absolute atomic E-state index is 0.292. The molecule has 36 heavy (non-hydrogen) atoms. The van der Waals surface area contributed by atoms with Gasteiger partial charge >= 0.3 is 0 Å². The molecule has 2 nitrogen and oxygen atoms in total. The average molecular weight is 472 g/mol. The van der Waals surface area contributed by atoms with Crippen LogP contribution in [0.4, 0.5) is 5.69 Å². The van der Waals surface area contributed by atoms with E-state index in [1.54, 1.807) is 7.11 Å². The monoisotopic (exact) mass is 471 g/mol. The number of likely N-dealkylation sites (N-methyl/N-ethyl adjacent to an activating group) is 1. The van der Waals surface area contributed by atoms with Crippen molar-refractivity contribution in [1.82, 2.24) is 0 Å². The zero-order valence-corrected chi connectivity index (χ0v) is 21.3. The van der Waals surface area contributed by atoms with Crippen LogP contribution in [-0.2, 0) is 0 Å². The number of fused-ring (bicyclic) bond motifs is 2. The Morgan fingerprint density at radius 1 is 0.722 bits per heavy atom. The number of allylic oxidation sites excluding steroid dienone is 1. The predicted molar refractivity (Wildman–Crippen MR) is 155 cm³/mol. The van der Waals surface area contributed by atoms with E-state index in [9.17, 15) is 0 Å². The van der Waals surface area contributed by atoms with Crippen molar-refractivity contribution in [3.05, 3.63) is 126 Å². The molecule has 0 aliphatic carbocycles. The van der Waals surface area contributed by atoms with Crippen LogP contribution in [-0.4, -0.2) is 20.2 Å². The number of hydrogen-bond donors (Lipinski definition) is 0. The smallest absolute Gasteiger partial charge is 0.118 e. The first kappa shape index (κ1) is 23.7. The molecule has 0 saturated carbocycles. The Bertz CT molecular complexity index is 1480. The lowest BCUT2D eigenvalue weighted by Crippen LogP contribution is -2.34. The van der Waals surface area contributed by atoms with Crippen LogP contribution < -0.4 is 9.64 Å². The Balaban J connectivity index is 1.41. The van der Waals surface area contributed by atoms with Gasteiger partial charge in [-0.3, -0.25) is 0 Å². The summed E-state index contributed by atoms with van der Waals surface area (Å²) in [5, 5.41) is 5.09. The predicted octanol–water partition coefficient (Wildman–Crippen LogP) is 8.71. The highest BCUT2D eigenvalue weighted by molar-refractivity contribution is 5.86. The number of benzene rings is 5. The van der Waals surface area contributed by atoms with Crippen molar-refractivity contribution < 1.29 is 4.74 Å². The topological polar surface area (TPSA) is 12.5 Å². The lowest BCUT2D eigenvalue weighted by atomic mass is 9.88. The second-order valence-electron chi connectivity index (χ2n) is 9.51. The summed E-state index contributed by atoms with van der Waals surface area (Å²) in [7, 11) is 3.92. The SMILES string of the molecule is COc1ccc(C(CC=Cc2ccc3ccccc3c2)C(C)N(C)c2ccc3ccccc3c2)cc1. The maximum absolute atomic E-state index is 5.42. The zero-order valence-electron chi connectivity index (χ0n) is 21.3. The molecule has 0 spiro atoms. The largest absolute Gasteiger partial charge is 0.497 e. The molecule has 0 aromatic heterocycles. The molecule has 5 rings (SSSR count). The first-order chi connectivity index (χ1) is 17.6. The molecule has 0 aliphatic heterocycles. The van der Waals surface area contributed by atoms with Gasteiger partial charge in [-0.2, -0.15) is 0 Å². The first-order valence-corrected chi connectivity index (χ1v) is 12.6. The molecule has 0 aliphatic rings. The van der Waals surface area contributed by atoms with E-state index in [-0.39, 0.29) is 0 Å². The Morgan fingerprint density at radius 2 is 1.33 bits per heavy atom. The fourth-order valence-electron chi connectivity index (χ4n) is 5.03. The summed E-state index contributed by atoms with van der Waals surface area (Å²) in [4.78, 5) is 2.41. The van der Waals surface area contributed by atoms with Crippen LogP contribution >= 0.6 is 0 Å². The molecule has 0 amide bonds. The average Bonchev–Trinajstić information content (AvgIpc) is 2.94. The Morgan fingerprint density at radius 3 is 2.00 bits per heavy atom. The van der Waals surface area contributed by atoms with Crippen LogP contribution in [0.25, 0.3) is 27.6 Å². The fourth-order valence-corrected chi connectivity index (χ4v) is 5.03. The third kappa shape index (κ3) is 5.13. The van der Waals surface area contributed by atoms with E-state index in [1.165, 1.54) is 38.4 Å². The Hall–Kier alpha value is -4.04. The van der Waals surface area contributed by atoms with Gasteiger partial charge in [-0.25, -0.2) is 0 Å². The molecular formula is C34H33NO. The molecule has 2 heteroatoms. The van der Waals surface area contributed by atoms with Gasteiger partial charge in [0.2, 0.25) is 0 Å². The highest BCUT2D eigenvalue weighted by Crippen LogP contribution is 2.32. The van der Waals surface area contributed by atoms with E-state index < -0.39 is 0 Å². The van der Waals surface area contributed by atoms with Crippen LogP contribution in [0.5, 0.6) is 5.75 Å². The van der Waals surface area contributed by atoms with Gasteiger partial charge in [-0.15, -0.1) is 0 Å². The molecule has 0 fully saturated rings. The van der Waals surface area contributed by atoms with Crippen molar-refractivity contribution in [2.24, 2.45) is 0 Å². The summed E-state index contributed by atoms with van der Waals surface area (Å²) in [5.74, 6) is 1.21. The summed E-state index contributed by atoms with van der Waals surface area (Å²) in [5.41, 5.74) is 3.79. The van der Waals surface area contributed by atoms with Crippen molar-refractivity contribution in [1.29, 1.82) is 0 Å². The van der Waals surface area contributed by atoms with E-state index in [4.69, 9.17) is 4.74 Å². The number of rotatable bonds is 8. The third-order valence-electron chi connectivity index (χ3n) is 7.35. The molecule has 0 saturated heterocycles. The van der Waals surface area contributed by atoms with E-state index in [0.717, 1.165) is 12.2 Å². The van der Waals surface area contributed by atoms with E-state index >= 15 is 0 Å². The van der Waals surface area contributed by atoms with Crippen LogP contribution in [0.15, 0.2) is 115 Å². The minimum atomic E-state index is 0.292. The van der Waals surface area contributed by atoms with Crippen LogP contribution in [0.2, 0.25) is 0 Å². The van der Waals surface area contributed by atoms with Crippen molar-refractivity contribution >= 4 is 33.3 Å². The second kappa shape index (κ2) is 10.7. The van der Waals surface area contributed by atoms with Gasteiger partial charge in [0.1, 0.15) is 5.75 Å². The van der Waals surface area contributed by atoms with Gasteiger partial charge in [0.25, 0.3) is 0 Å². The Kier molecular flexibility index (Phi) is 7.04. The van der Waals surface area contributed by atoms with Gasteiger partial charge in [0, 0.05) is 24.7 Å². The number of ether oxygens (including phenoxy) is 1. The van der Waals surface area contributed by atoms with Crippen LogP contribution in [0.3, 0.4) is 0 Å². The first-order valence-electron chi connectivity index (χ1n) is 12.6. The van der Waals surface area contributed by atoms with Crippen molar-refractivity contribution in [2.45, 2.75) is 25.3 Å². The summed E-state index contributed by atoms with van der Waals surface area (Å²) in [6, 6.07) is 39.3. The molecule has 2 unspecified atom stereocenters. The normalized spacial score (nSPS) is 13.2. The fraction of sp³-hybridized carbons (Fsp3) is 0.176. The van der Waals surface area contributed by atoms with Gasteiger partial charge < -0.3 is 9.64 Å². The molecule has 0 radical (unpaired) electrons. The van der Waals surface area contributed by atoms with Crippen LogP contribution in [0, 0.1) is 0 Å². The molecule has 0 bridgehead atoms. The number of hydrogen-bond acceptors (Lipinski definition) is 2. The molecule has 180 valence electrons. The maximum Gasteiger partial charge on any atom is 0.118 e. The molecule has 5 aromatic rings. The molecule has 0 N–H and O–H groups in total. The van der Waals surface area contributed by atoms with E-state index in [0.29, 0.717) is 12.0 Å². The van der Waals surface area contributed by atoms with Crippen molar-refractivity contribution in [2.75, 3.05) is 19.1 Å². The van der Waals surface area contributed by atoms with E-state index in [1.807, 2.05) is 0 Å². The van der Waals surface area contributed by atoms with Gasteiger partial charge in [-0.05, 0) is 76.3 Å². The van der Waals surface area contributed by atoms with Gasteiger partial charge in [0.05, 0.1) is 7.11 Å². The lowest BCUT2D eigenvalue weighted by molar-refractivity contribution is 0.414. The van der Waals surface area contributed by atoms with Crippen molar-refractivity contribution in [3.63, 3.8) is 0 Å². The van der Waals surface area contributed by atoms with Crippen molar-refractivity contribution in [3.8, 4) is 5.75 Å². The summed E-state index contributed by atoms with van der Waals surface area (Å²) in [6.45, 7) is 2.33. The molecule has 2 atom stereocenters. The highest BCUT2D eigenvalue weighted by atomic mass is 16.5. The minimum Gasteiger partial charge on any atom is -0.497 e. The number of nitrogens with zero attached hydrogens (tertiary/aromatic N) is 1. The molecular weight excluding hydrogens is 438 g/mol. The molecule has 5 aromatic carbocycles. The van der Waals surface area contributed by atoms with Gasteiger partial charge in [0.15, 0.2) is 0 Å². The van der Waals surface area contributed by atoms with E-state index in [2.05, 4.69) is 140 Å². The second-order valence-corrected chi connectivity index (χ2v) is 9.51. The lowest BCUT2D eigenvalue weighted by Gasteiger charge is -2.34. The third-order valence-corrected chi connectivity index (χ3v) is 7.35. The maximum atomic E-state index is 5.42. The Labute approximate surface area is 214 Å². The molecule has 0 heterocycles. The number of methoxy groups -OCH3 is 1. The summed E-state index contributed by atoms with van der Waals surface area (Å²) in [6.07, 6.45) is 5.52.